The lowest BCUT2D eigenvalue weighted by Crippen LogP contribution is -2.12. The Balaban J connectivity index is 1.61. The fraction of sp³-hybridized carbons (Fsp3) is 0.222. The van der Waals surface area contributed by atoms with Crippen LogP contribution in [0.3, 0.4) is 0 Å². The fourth-order valence-corrected chi connectivity index (χ4v) is 3.18. The highest BCUT2D eigenvalue weighted by Gasteiger charge is 2.43. The predicted molar refractivity (Wildman–Crippen MR) is 80.4 cm³/mol. The van der Waals surface area contributed by atoms with E-state index in [4.69, 9.17) is 10.2 Å². The lowest BCUT2D eigenvalue weighted by Gasteiger charge is -2.10. The monoisotopic (exact) mass is 263 g/mol. The summed E-state index contributed by atoms with van der Waals surface area (Å²) in [5.74, 6) is 1.12. The normalized spacial score (nSPS) is 22.9. The van der Waals surface area contributed by atoms with E-state index in [1.165, 1.54) is 12.0 Å². The van der Waals surface area contributed by atoms with Crippen molar-refractivity contribution < 1.29 is 4.42 Å². The van der Waals surface area contributed by atoms with Crippen LogP contribution < -0.4 is 5.73 Å². The average Bonchev–Trinajstić information content (AvgIpc) is 3.20. The maximum absolute atomic E-state index is 6.48. The van der Waals surface area contributed by atoms with Crippen LogP contribution in [0.15, 0.2) is 65.3 Å². The van der Waals surface area contributed by atoms with E-state index < -0.39 is 0 Å². The molecule has 0 spiro atoms. The summed E-state index contributed by atoms with van der Waals surface area (Å²) < 4.78 is 5.61. The summed E-state index contributed by atoms with van der Waals surface area (Å²) in [4.78, 5) is 0. The topological polar surface area (TPSA) is 39.2 Å². The number of hydrogen-bond acceptors (Lipinski definition) is 2. The molecule has 100 valence electrons. The summed E-state index contributed by atoms with van der Waals surface area (Å²) >= 11 is 0. The SMILES string of the molecule is NC(c1coc2ccccc12)C1CC1c1ccccc1. The van der Waals surface area contributed by atoms with Gasteiger partial charge in [-0.15, -0.1) is 0 Å². The van der Waals surface area contributed by atoms with E-state index in [1.54, 1.807) is 0 Å². The Bertz CT molecular complexity index is 731. The third-order valence-corrected chi connectivity index (χ3v) is 4.40. The molecule has 4 rings (SSSR count). The molecule has 2 N–H and O–H groups in total. The van der Waals surface area contributed by atoms with Crippen LogP contribution in [0.25, 0.3) is 11.0 Å². The largest absolute Gasteiger partial charge is 0.464 e. The number of furan rings is 1. The lowest BCUT2D eigenvalue weighted by atomic mass is 9.99. The molecular weight excluding hydrogens is 246 g/mol. The Kier molecular flexibility index (Phi) is 2.64. The summed E-state index contributed by atoms with van der Waals surface area (Å²) in [5, 5.41) is 1.15. The van der Waals surface area contributed by atoms with Gasteiger partial charge in [0.1, 0.15) is 5.58 Å². The second kappa shape index (κ2) is 4.50. The van der Waals surface area contributed by atoms with Crippen LogP contribution in [-0.2, 0) is 0 Å². The van der Waals surface area contributed by atoms with E-state index in [2.05, 4.69) is 36.4 Å². The van der Waals surface area contributed by atoms with E-state index in [0.717, 1.165) is 16.5 Å². The zero-order valence-electron chi connectivity index (χ0n) is 11.2. The molecule has 2 nitrogen and oxygen atoms in total. The number of rotatable bonds is 3. The molecule has 1 saturated carbocycles. The minimum Gasteiger partial charge on any atom is -0.464 e. The Morgan fingerprint density at radius 3 is 2.60 bits per heavy atom. The summed E-state index contributed by atoms with van der Waals surface area (Å²) in [5.41, 5.74) is 9.95. The molecule has 1 aromatic heterocycles. The number of nitrogens with two attached hydrogens (primary N) is 1. The van der Waals surface area contributed by atoms with Gasteiger partial charge < -0.3 is 10.2 Å². The summed E-state index contributed by atoms with van der Waals surface area (Å²) in [6.07, 6.45) is 3.00. The molecule has 0 aliphatic heterocycles. The van der Waals surface area contributed by atoms with Crippen molar-refractivity contribution in [3.8, 4) is 0 Å². The van der Waals surface area contributed by atoms with Crippen LogP contribution in [-0.4, -0.2) is 0 Å². The molecule has 0 amide bonds. The highest BCUT2D eigenvalue weighted by atomic mass is 16.3. The van der Waals surface area contributed by atoms with Crippen molar-refractivity contribution in [1.82, 2.24) is 0 Å². The maximum Gasteiger partial charge on any atom is 0.134 e. The molecule has 3 unspecified atom stereocenters. The standard InChI is InChI=1S/C18H17NO/c19-18(15-10-14(15)12-6-2-1-3-7-12)16-11-20-17-9-5-4-8-13(16)17/h1-9,11,14-15,18H,10,19H2. The van der Waals surface area contributed by atoms with Crippen molar-refractivity contribution in [3.05, 3.63) is 72.0 Å². The van der Waals surface area contributed by atoms with Crippen LogP contribution in [0.2, 0.25) is 0 Å². The molecule has 0 saturated heterocycles. The van der Waals surface area contributed by atoms with Gasteiger partial charge in [-0.3, -0.25) is 0 Å². The molecule has 1 fully saturated rings. The number of para-hydroxylation sites is 1. The second-order valence-corrected chi connectivity index (χ2v) is 5.63. The molecule has 2 heteroatoms. The molecule has 20 heavy (non-hydrogen) atoms. The van der Waals surface area contributed by atoms with Crippen LogP contribution >= 0.6 is 0 Å². The zero-order chi connectivity index (χ0) is 13.5. The van der Waals surface area contributed by atoms with E-state index in [1.807, 2.05) is 24.5 Å². The van der Waals surface area contributed by atoms with Gasteiger partial charge >= 0.3 is 0 Å². The molecule has 0 bridgehead atoms. The second-order valence-electron chi connectivity index (χ2n) is 5.63. The molecule has 3 atom stereocenters. The quantitative estimate of drug-likeness (QED) is 0.767. The first-order valence-electron chi connectivity index (χ1n) is 7.11. The molecule has 3 aromatic rings. The van der Waals surface area contributed by atoms with Gasteiger partial charge in [-0.1, -0.05) is 48.5 Å². The van der Waals surface area contributed by atoms with Crippen LogP contribution in [0.5, 0.6) is 0 Å². The van der Waals surface area contributed by atoms with Crippen molar-refractivity contribution in [2.45, 2.75) is 18.4 Å². The van der Waals surface area contributed by atoms with Gasteiger partial charge in [-0.25, -0.2) is 0 Å². The predicted octanol–water partition coefficient (Wildman–Crippen LogP) is 4.24. The van der Waals surface area contributed by atoms with Gasteiger partial charge in [0, 0.05) is 17.0 Å². The van der Waals surface area contributed by atoms with E-state index in [-0.39, 0.29) is 6.04 Å². The van der Waals surface area contributed by atoms with Gasteiger partial charge in [-0.05, 0) is 29.9 Å². The average molecular weight is 263 g/mol. The van der Waals surface area contributed by atoms with Crippen LogP contribution in [0.1, 0.15) is 29.5 Å². The molecular formula is C18H17NO. The third-order valence-electron chi connectivity index (χ3n) is 4.40. The van der Waals surface area contributed by atoms with Gasteiger partial charge in [0.15, 0.2) is 0 Å². The van der Waals surface area contributed by atoms with Crippen molar-refractivity contribution in [3.63, 3.8) is 0 Å². The smallest absolute Gasteiger partial charge is 0.134 e. The van der Waals surface area contributed by atoms with Gasteiger partial charge in [0.2, 0.25) is 0 Å². The van der Waals surface area contributed by atoms with Gasteiger partial charge in [-0.2, -0.15) is 0 Å². The first-order chi connectivity index (χ1) is 9.84. The van der Waals surface area contributed by atoms with E-state index in [0.29, 0.717) is 11.8 Å². The minimum absolute atomic E-state index is 0.0591. The molecule has 0 radical (unpaired) electrons. The Hall–Kier alpha value is -2.06. The summed E-state index contributed by atoms with van der Waals surface area (Å²) in [6, 6.07) is 18.8. The minimum atomic E-state index is 0.0591. The van der Waals surface area contributed by atoms with Crippen molar-refractivity contribution in [2.24, 2.45) is 11.7 Å². The van der Waals surface area contributed by atoms with Crippen LogP contribution in [0, 0.1) is 5.92 Å². The molecule has 1 aliphatic rings. The highest BCUT2D eigenvalue weighted by Crippen LogP contribution is 2.53. The van der Waals surface area contributed by atoms with Gasteiger partial charge in [0.05, 0.1) is 6.26 Å². The number of benzene rings is 2. The Labute approximate surface area is 118 Å². The molecule has 1 aliphatic carbocycles. The van der Waals surface area contributed by atoms with Crippen molar-refractivity contribution >= 4 is 11.0 Å². The highest BCUT2D eigenvalue weighted by molar-refractivity contribution is 5.81. The first-order valence-corrected chi connectivity index (χ1v) is 7.11. The lowest BCUT2D eigenvalue weighted by molar-refractivity contribution is 0.576. The summed E-state index contributed by atoms with van der Waals surface area (Å²) in [7, 11) is 0. The Morgan fingerprint density at radius 1 is 1.00 bits per heavy atom. The van der Waals surface area contributed by atoms with E-state index >= 15 is 0 Å². The van der Waals surface area contributed by atoms with Crippen LogP contribution in [0.4, 0.5) is 0 Å². The molecule has 1 heterocycles. The summed E-state index contributed by atoms with van der Waals surface area (Å²) in [6.45, 7) is 0. The van der Waals surface area contributed by atoms with E-state index in [9.17, 15) is 0 Å². The third kappa shape index (κ3) is 1.84. The number of hydrogen-bond donors (Lipinski definition) is 1. The first kappa shape index (κ1) is 11.7. The zero-order valence-corrected chi connectivity index (χ0v) is 11.2. The number of fused-ring (bicyclic) bond motifs is 1. The van der Waals surface area contributed by atoms with Crippen molar-refractivity contribution in [2.75, 3.05) is 0 Å². The molecule has 2 aromatic carbocycles. The maximum atomic E-state index is 6.48. The Morgan fingerprint density at radius 2 is 1.75 bits per heavy atom. The fourth-order valence-electron chi connectivity index (χ4n) is 3.18. The van der Waals surface area contributed by atoms with Crippen molar-refractivity contribution in [1.29, 1.82) is 0 Å². The van der Waals surface area contributed by atoms with Gasteiger partial charge in [0.25, 0.3) is 0 Å².